The SMILES string of the molecule is CCCNCc1ccc(Br)cc1SCC(C)CC. The molecule has 0 aliphatic rings. The highest BCUT2D eigenvalue weighted by Crippen LogP contribution is 2.28. The molecule has 1 atom stereocenters. The molecule has 1 rings (SSSR count). The van der Waals surface area contributed by atoms with Crippen molar-refractivity contribution >= 4 is 27.7 Å². The van der Waals surface area contributed by atoms with E-state index in [1.165, 1.54) is 33.5 Å². The van der Waals surface area contributed by atoms with E-state index in [4.69, 9.17) is 0 Å². The first-order valence-corrected chi connectivity index (χ1v) is 8.57. The summed E-state index contributed by atoms with van der Waals surface area (Å²) < 4.78 is 1.17. The summed E-state index contributed by atoms with van der Waals surface area (Å²) in [5, 5.41) is 3.48. The molecule has 0 aliphatic carbocycles. The van der Waals surface area contributed by atoms with Crippen LogP contribution in [0.3, 0.4) is 0 Å². The average Bonchev–Trinajstić information content (AvgIpc) is 2.38. The molecule has 18 heavy (non-hydrogen) atoms. The Hall–Kier alpha value is 0.01000. The van der Waals surface area contributed by atoms with Gasteiger partial charge in [-0.25, -0.2) is 0 Å². The number of hydrogen-bond donors (Lipinski definition) is 1. The van der Waals surface area contributed by atoms with Gasteiger partial charge in [0.25, 0.3) is 0 Å². The molecular weight excluding hydrogens is 306 g/mol. The van der Waals surface area contributed by atoms with E-state index in [1.54, 1.807) is 0 Å². The van der Waals surface area contributed by atoms with Crippen molar-refractivity contribution in [1.29, 1.82) is 0 Å². The highest BCUT2D eigenvalue weighted by Gasteiger charge is 2.06. The first kappa shape index (κ1) is 16.1. The predicted octanol–water partition coefficient (Wildman–Crippen LogP) is 5.09. The lowest BCUT2D eigenvalue weighted by Gasteiger charge is -2.13. The Balaban J connectivity index is 2.64. The van der Waals surface area contributed by atoms with E-state index in [1.807, 2.05) is 11.8 Å². The summed E-state index contributed by atoms with van der Waals surface area (Å²) in [5.74, 6) is 1.98. The van der Waals surface area contributed by atoms with Crippen molar-refractivity contribution < 1.29 is 0 Å². The Bertz CT molecular complexity index is 354. The third kappa shape index (κ3) is 5.77. The maximum absolute atomic E-state index is 3.57. The van der Waals surface area contributed by atoms with E-state index in [0.29, 0.717) is 0 Å². The van der Waals surface area contributed by atoms with Crippen LogP contribution in [0.1, 0.15) is 39.2 Å². The summed E-state index contributed by atoms with van der Waals surface area (Å²) >= 11 is 5.55. The van der Waals surface area contributed by atoms with Crippen molar-refractivity contribution in [1.82, 2.24) is 5.32 Å². The number of hydrogen-bond acceptors (Lipinski definition) is 2. The third-order valence-corrected chi connectivity index (χ3v) is 4.91. The van der Waals surface area contributed by atoms with Crippen molar-refractivity contribution in [3.8, 4) is 0 Å². The third-order valence-electron chi connectivity index (χ3n) is 2.99. The molecule has 1 aromatic rings. The minimum absolute atomic E-state index is 0.783. The van der Waals surface area contributed by atoms with Gasteiger partial charge < -0.3 is 5.32 Å². The molecule has 0 spiro atoms. The van der Waals surface area contributed by atoms with Crippen LogP contribution in [0.2, 0.25) is 0 Å². The number of thioether (sulfide) groups is 1. The maximum Gasteiger partial charge on any atom is 0.0216 e. The number of rotatable bonds is 8. The Morgan fingerprint density at radius 3 is 2.78 bits per heavy atom. The van der Waals surface area contributed by atoms with Gasteiger partial charge in [-0.2, -0.15) is 0 Å². The zero-order valence-corrected chi connectivity index (χ0v) is 14.0. The molecular formula is C15H24BrNS. The van der Waals surface area contributed by atoms with Crippen LogP contribution in [-0.2, 0) is 6.54 Å². The Morgan fingerprint density at radius 2 is 2.11 bits per heavy atom. The molecule has 0 fully saturated rings. The number of halogens is 1. The highest BCUT2D eigenvalue weighted by molar-refractivity contribution is 9.10. The van der Waals surface area contributed by atoms with Crippen LogP contribution in [0.25, 0.3) is 0 Å². The fourth-order valence-corrected chi connectivity index (χ4v) is 3.31. The zero-order valence-electron chi connectivity index (χ0n) is 11.6. The van der Waals surface area contributed by atoms with Crippen LogP contribution in [0, 0.1) is 5.92 Å². The fraction of sp³-hybridized carbons (Fsp3) is 0.600. The largest absolute Gasteiger partial charge is 0.313 e. The Kier molecular flexibility index (Phi) is 8.03. The van der Waals surface area contributed by atoms with Gasteiger partial charge in [-0.05, 0) is 36.6 Å². The van der Waals surface area contributed by atoms with E-state index in [2.05, 4.69) is 60.2 Å². The van der Waals surface area contributed by atoms with E-state index in [-0.39, 0.29) is 0 Å². The summed E-state index contributed by atoms with van der Waals surface area (Å²) in [6.07, 6.45) is 2.44. The standard InChI is InChI=1S/C15H24BrNS/c1-4-8-17-10-13-6-7-14(16)9-15(13)18-11-12(3)5-2/h6-7,9,12,17H,4-5,8,10-11H2,1-3H3. The van der Waals surface area contributed by atoms with Gasteiger partial charge in [0.15, 0.2) is 0 Å². The van der Waals surface area contributed by atoms with Gasteiger partial charge in [0, 0.05) is 21.7 Å². The second-order valence-corrected chi connectivity index (χ2v) is 6.73. The van der Waals surface area contributed by atoms with Gasteiger partial charge in [0.05, 0.1) is 0 Å². The molecule has 0 radical (unpaired) electrons. The number of benzene rings is 1. The molecule has 1 nitrogen and oxygen atoms in total. The lowest BCUT2D eigenvalue weighted by atomic mass is 10.2. The zero-order chi connectivity index (χ0) is 13.4. The molecule has 1 aromatic carbocycles. The van der Waals surface area contributed by atoms with Crippen LogP contribution >= 0.6 is 27.7 Å². The fourth-order valence-electron chi connectivity index (χ4n) is 1.56. The van der Waals surface area contributed by atoms with E-state index in [9.17, 15) is 0 Å². The topological polar surface area (TPSA) is 12.0 Å². The second kappa shape index (κ2) is 9.00. The van der Waals surface area contributed by atoms with Gasteiger partial charge in [-0.15, -0.1) is 11.8 Å². The molecule has 0 amide bonds. The van der Waals surface area contributed by atoms with E-state index in [0.717, 1.165) is 19.0 Å². The van der Waals surface area contributed by atoms with Gasteiger partial charge in [-0.3, -0.25) is 0 Å². The molecule has 1 N–H and O–H groups in total. The Morgan fingerprint density at radius 1 is 1.33 bits per heavy atom. The number of nitrogens with one attached hydrogen (secondary N) is 1. The summed E-state index contributed by atoms with van der Waals surface area (Å²) in [6.45, 7) is 8.85. The first-order chi connectivity index (χ1) is 8.67. The normalized spacial score (nSPS) is 12.7. The molecule has 0 saturated carbocycles. The van der Waals surface area contributed by atoms with Crippen molar-refractivity contribution in [3.63, 3.8) is 0 Å². The summed E-state index contributed by atoms with van der Waals surface area (Å²) in [6, 6.07) is 6.61. The molecule has 0 aromatic heterocycles. The summed E-state index contributed by atoms with van der Waals surface area (Å²) in [4.78, 5) is 1.41. The molecule has 102 valence electrons. The molecule has 3 heteroatoms. The lowest BCUT2D eigenvalue weighted by Crippen LogP contribution is -2.14. The van der Waals surface area contributed by atoms with Crippen LogP contribution in [0.5, 0.6) is 0 Å². The maximum atomic E-state index is 3.57. The monoisotopic (exact) mass is 329 g/mol. The molecule has 0 saturated heterocycles. The second-order valence-electron chi connectivity index (χ2n) is 4.75. The molecule has 0 aliphatic heterocycles. The molecule has 1 unspecified atom stereocenters. The van der Waals surface area contributed by atoms with Crippen molar-refractivity contribution in [2.45, 2.75) is 45.1 Å². The van der Waals surface area contributed by atoms with E-state index < -0.39 is 0 Å². The highest BCUT2D eigenvalue weighted by atomic mass is 79.9. The van der Waals surface area contributed by atoms with Crippen molar-refractivity contribution in [2.24, 2.45) is 5.92 Å². The van der Waals surface area contributed by atoms with Gasteiger partial charge in [0.2, 0.25) is 0 Å². The average molecular weight is 330 g/mol. The van der Waals surface area contributed by atoms with Crippen LogP contribution in [0.4, 0.5) is 0 Å². The van der Waals surface area contributed by atoms with Crippen LogP contribution < -0.4 is 5.32 Å². The van der Waals surface area contributed by atoms with E-state index >= 15 is 0 Å². The Labute approximate surface area is 124 Å². The minimum atomic E-state index is 0.783. The smallest absolute Gasteiger partial charge is 0.0216 e. The first-order valence-electron chi connectivity index (χ1n) is 6.79. The van der Waals surface area contributed by atoms with Crippen molar-refractivity contribution in [3.05, 3.63) is 28.2 Å². The molecule has 0 heterocycles. The molecule has 0 bridgehead atoms. The van der Waals surface area contributed by atoms with Crippen LogP contribution in [-0.4, -0.2) is 12.3 Å². The van der Waals surface area contributed by atoms with Gasteiger partial charge >= 0.3 is 0 Å². The predicted molar refractivity (Wildman–Crippen MR) is 86.3 cm³/mol. The summed E-state index contributed by atoms with van der Waals surface area (Å²) in [7, 11) is 0. The summed E-state index contributed by atoms with van der Waals surface area (Å²) in [5.41, 5.74) is 1.42. The van der Waals surface area contributed by atoms with Gasteiger partial charge in [-0.1, -0.05) is 49.2 Å². The van der Waals surface area contributed by atoms with Gasteiger partial charge in [0.1, 0.15) is 0 Å². The minimum Gasteiger partial charge on any atom is -0.313 e. The van der Waals surface area contributed by atoms with Crippen LogP contribution in [0.15, 0.2) is 27.6 Å². The lowest BCUT2D eigenvalue weighted by molar-refractivity contribution is 0.636. The van der Waals surface area contributed by atoms with Crippen molar-refractivity contribution in [2.75, 3.05) is 12.3 Å². The quantitative estimate of drug-likeness (QED) is 0.526.